The van der Waals surface area contributed by atoms with E-state index in [-0.39, 0.29) is 5.82 Å². The fourth-order valence-electron chi connectivity index (χ4n) is 7.36. The number of thioether (sulfide) groups is 1. The zero-order chi connectivity index (χ0) is 45.3. The van der Waals surface area contributed by atoms with Crippen molar-refractivity contribution >= 4 is 50.5 Å². The molecule has 15 heteroatoms. The topological polar surface area (TPSA) is 108 Å². The molecule has 1 aromatic heterocycles. The summed E-state index contributed by atoms with van der Waals surface area (Å²) in [7, 11) is -0.0980. The van der Waals surface area contributed by atoms with Crippen LogP contribution in [0.25, 0.3) is 5.57 Å². The quantitative estimate of drug-likeness (QED) is 0.0396. The molecule has 2 aliphatic rings. The Bertz CT molecular complexity index is 2180. The number of halogens is 4. The highest BCUT2D eigenvalue weighted by Gasteiger charge is 2.35. The van der Waals surface area contributed by atoms with Crippen molar-refractivity contribution in [3.63, 3.8) is 0 Å². The summed E-state index contributed by atoms with van der Waals surface area (Å²) in [5, 5.41) is 0.715. The molecule has 0 radical (unpaired) electrons. The molecule has 0 atom stereocenters. The van der Waals surface area contributed by atoms with Gasteiger partial charge in [-0.25, -0.2) is 18.4 Å². The maximum atomic E-state index is 13.4. The summed E-state index contributed by atoms with van der Waals surface area (Å²) < 4.78 is 68.6. The van der Waals surface area contributed by atoms with Crippen LogP contribution in [0.2, 0.25) is 5.02 Å². The molecule has 0 amide bonds. The molecule has 0 aliphatic carbocycles. The van der Waals surface area contributed by atoms with E-state index in [0.29, 0.717) is 47.9 Å². The number of nitrogen functional groups attached to an aromatic ring is 1. The Labute approximate surface area is 376 Å². The predicted molar refractivity (Wildman–Crippen MR) is 252 cm³/mol. The number of rotatable bonds is 15. The van der Waals surface area contributed by atoms with Gasteiger partial charge >= 0.3 is 6.18 Å². The standard InChI is InChI=1S/C33H38ClF3N6O2S.C12H19NS.C2H4/c1-3-4-5-27(23-6-8-24(34)9-7-23)22(2)19-42-15-12-25(13-16-42)43-17-14-28-31(20-43)39-21-40-32(28)41-46(44,45)26-10-11-30(38)29(18-26)33(35,36)37;1-13(2)10-6-7-11-14-12-8-4-3-5-9-12;1-2/h4-11,18,21,25H,3,12-17,19-20,38H2,1-2H3,(H,39,40,41);3-5,8-9H,6-7,10-11H2,1-2H3;1-2H2/b5-4-,27-22-;;. The third kappa shape index (κ3) is 15.3. The van der Waals surface area contributed by atoms with Gasteiger partial charge in [-0.1, -0.05) is 66.6 Å². The number of unbranched alkanes of at least 4 members (excludes halogenated alkanes) is 1. The van der Waals surface area contributed by atoms with Gasteiger partial charge in [0.2, 0.25) is 0 Å². The molecular weight excluding hydrogens is 851 g/mol. The molecule has 0 saturated carbocycles. The minimum atomic E-state index is -4.79. The van der Waals surface area contributed by atoms with E-state index in [1.807, 2.05) is 23.9 Å². The molecule has 0 spiro atoms. The molecule has 0 bridgehead atoms. The third-order valence-electron chi connectivity index (χ3n) is 10.6. The number of hydrogen-bond donors (Lipinski definition) is 2. The lowest BCUT2D eigenvalue weighted by Crippen LogP contribution is -2.47. The summed E-state index contributed by atoms with van der Waals surface area (Å²) in [6.45, 7) is 15.5. The second-order valence-electron chi connectivity index (χ2n) is 15.4. The molecule has 4 aromatic rings. The van der Waals surface area contributed by atoms with Crippen molar-refractivity contribution in [3.8, 4) is 0 Å². The number of hydrogen-bond acceptors (Lipinski definition) is 9. The maximum absolute atomic E-state index is 13.4. The Balaban J connectivity index is 0.000000446. The van der Waals surface area contributed by atoms with Gasteiger partial charge in [0.25, 0.3) is 10.0 Å². The lowest BCUT2D eigenvalue weighted by molar-refractivity contribution is -0.137. The molecule has 3 aromatic carbocycles. The lowest BCUT2D eigenvalue weighted by Gasteiger charge is -2.40. The molecule has 3 N–H and O–H groups in total. The number of fused-ring (bicyclic) bond motifs is 1. The maximum Gasteiger partial charge on any atom is 0.418 e. The molecule has 62 heavy (non-hydrogen) atoms. The van der Waals surface area contributed by atoms with E-state index in [0.717, 1.165) is 56.6 Å². The number of benzene rings is 3. The van der Waals surface area contributed by atoms with Crippen LogP contribution in [-0.4, -0.2) is 91.7 Å². The number of nitrogens with zero attached hydrogens (tertiary/aromatic N) is 5. The van der Waals surface area contributed by atoms with E-state index in [1.54, 1.807) is 0 Å². The zero-order valence-electron chi connectivity index (χ0n) is 36.3. The number of allylic oxidation sites excluding steroid dienone is 3. The smallest absolute Gasteiger partial charge is 0.398 e. The fraction of sp³-hybridized carbons (Fsp3) is 0.404. The fourth-order valence-corrected chi connectivity index (χ4v) is 9.49. The normalized spacial score (nSPS) is 15.6. The second-order valence-corrected chi connectivity index (χ2v) is 18.7. The number of alkyl halides is 3. The Morgan fingerprint density at radius 3 is 2.35 bits per heavy atom. The van der Waals surface area contributed by atoms with E-state index in [4.69, 9.17) is 17.3 Å². The number of piperidine rings is 1. The molecule has 2 aliphatic heterocycles. The molecular formula is C47H61ClF3N7O2S2. The minimum absolute atomic E-state index is 0.0840. The highest BCUT2D eigenvalue weighted by atomic mass is 35.5. The molecule has 6 rings (SSSR count). The first-order valence-corrected chi connectivity index (χ1v) is 23.7. The van der Waals surface area contributed by atoms with Crippen LogP contribution >= 0.6 is 23.4 Å². The van der Waals surface area contributed by atoms with Gasteiger partial charge in [-0.3, -0.25) is 14.5 Å². The van der Waals surface area contributed by atoms with Gasteiger partial charge in [-0.15, -0.1) is 24.9 Å². The number of sulfonamides is 1. The average Bonchev–Trinajstić information content (AvgIpc) is 3.25. The number of likely N-dealkylation sites (tertiary alicyclic amines) is 1. The SMILES string of the molecule is C=C.CC/C=C\C(=C(/C)CN1CCC(N2CCc3c(ncnc3NS(=O)(=O)c3ccc(N)c(C(F)(F)F)c3)C2)CC1)c1ccc(Cl)cc1.CN(C)CCCCSc1ccccc1. The number of nitrogens with one attached hydrogen (secondary N) is 1. The van der Waals surface area contributed by atoms with Crippen LogP contribution in [-0.2, 0) is 29.2 Å². The van der Waals surface area contributed by atoms with Crippen LogP contribution in [0, 0.1) is 0 Å². The largest absolute Gasteiger partial charge is 0.418 e. The van der Waals surface area contributed by atoms with E-state index < -0.39 is 32.3 Å². The first-order valence-electron chi connectivity index (χ1n) is 20.9. The van der Waals surface area contributed by atoms with Gasteiger partial charge in [0, 0.05) is 46.8 Å². The summed E-state index contributed by atoms with van der Waals surface area (Å²) in [5.74, 6) is 1.32. The Morgan fingerprint density at radius 2 is 1.71 bits per heavy atom. The van der Waals surface area contributed by atoms with Crippen LogP contribution < -0.4 is 10.5 Å². The predicted octanol–water partition coefficient (Wildman–Crippen LogP) is 10.7. The van der Waals surface area contributed by atoms with Gasteiger partial charge in [0.05, 0.1) is 16.2 Å². The van der Waals surface area contributed by atoms with Crippen molar-refractivity contribution in [2.24, 2.45) is 0 Å². The van der Waals surface area contributed by atoms with Crippen LogP contribution in [0.3, 0.4) is 0 Å². The molecule has 9 nitrogen and oxygen atoms in total. The summed E-state index contributed by atoms with van der Waals surface area (Å²) in [5.41, 5.74) is 8.74. The number of aromatic nitrogens is 2. The second kappa shape index (κ2) is 24.6. The minimum Gasteiger partial charge on any atom is -0.398 e. The molecule has 0 unspecified atom stereocenters. The van der Waals surface area contributed by atoms with Gasteiger partial charge in [-0.05, 0) is 139 Å². The molecule has 1 fully saturated rings. The number of anilines is 2. The van der Waals surface area contributed by atoms with Crippen molar-refractivity contribution in [2.75, 3.05) is 63.0 Å². The van der Waals surface area contributed by atoms with Crippen molar-refractivity contribution in [3.05, 3.63) is 137 Å². The summed E-state index contributed by atoms with van der Waals surface area (Å²) in [4.78, 5) is 16.5. The van der Waals surface area contributed by atoms with Crippen molar-refractivity contribution in [1.29, 1.82) is 0 Å². The van der Waals surface area contributed by atoms with Gasteiger partial charge in [0.15, 0.2) is 0 Å². The van der Waals surface area contributed by atoms with Crippen LogP contribution in [0.15, 0.2) is 120 Å². The van der Waals surface area contributed by atoms with Gasteiger partial charge in [-0.2, -0.15) is 13.2 Å². The Morgan fingerprint density at radius 1 is 1.02 bits per heavy atom. The van der Waals surface area contributed by atoms with Crippen molar-refractivity contribution in [1.82, 2.24) is 24.7 Å². The zero-order valence-corrected chi connectivity index (χ0v) is 38.7. The Kier molecular flexibility index (Phi) is 20.0. The first-order chi connectivity index (χ1) is 29.6. The van der Waals surface area contributed by atoms with Crippen LogP contribution in [0.1, 0.15) is 68.3 Å². The van der Waals surface area contributed by atoms with E-state index in [1.165, 1.54) is 47.5 Å². The van der Waals surface area contributed by atoms with Crippen LogP contribution in [0.5, 0.6) is 0 Å². The van der Waals surface area contributed by atoms with Crippen LogP contribution in [0.4, 0.5) is 24.7 Å². The summed E-state index contributed by atoms with van der Waals surface area (Å²) in [6.07, 6.45) is 6.93. The monoisotopic (exact) mass is 911 g/mol. The average molecular weight is 913 g/mol. The van der Waals surface area contributed by atoms with E-state index >= 15 is 0 Å². The Hall–Kier alpha value is -4.18. The van der Waals surface area contributed by atoms with Crippen molar-refractivity contribution < 1.29 is 21.6 Å². The third-order valence-corrected chi connectivity index (χ3v) is 13.3. The molecule has 1 saturated heterocycles. The van der Waals surface area contributed by atoms with E-state index in [9.17, 15) is 21.6 Å². The van der Waals surface area contributed by atoms with Crippen molar-refractivity contribution in [2.45, 2.75) is 80.9 Å². The summed E-state index contributed by atoms with van der Waals surface area (Å²) in [6, 6.07) is 21.5. The number of nitrogens with two attached hydrogens (primary N) is 1. The molecule has 3 heterocycles. The lowest BCUT2D eigenvalue weighted by atomic mass is 9.96. The molecule has 336 valence electrons. The first kappa shape index (κ1) is 50.5. The van der Waals surface area contributed by atoms with E-state index in [2.05, 4.69) is 125 Å². The highest BCUT2D eigenvalue weighted by Crippen LogP contribution is 2.36. The summed E-state index contributed by atoms with van der Waals surface area (Å²) >= 11 is 8.08. The highest BCUT2D eigenvalue weighted by molar-refractivity contribution is 7.99. The van der Waals surface area contributed by atoms with Gasteiger partial charge in [0.1, 0.15) is 12.1 Å². The van der Waals surface area contributed by atoms with Gasteiger partial charge < -0.3 is 10.6 Å².